The molecule has 0 radical (unpaired) electrons. The fourth-order valence-corrected chi connectivity index (χ4v) is 2.63. The van der Waals surface area contributed by atoms with Crippen LogP contribution in [-0.4, -0.2) is 23.0 Å². The second-order valence-electron chi connectivity index (χ2n) is 5.29. The van der Waals surface area contributed by atoms with E-state index in [1.54, 1.807) is 4.68 Å². The Bertz CT molecular complexity index is 649. The quantitative estimate of drug-likeness (QED) is 0.939. The highest BCUT2D eigenvalue weighted by molar-refractivity contribution is 5.78. The predicted octanol–water partition coefficient (Wildman–Crippen LogP) is 2.78. The second kappa shape index (κ2) is 5.68. The van der Waals surface area contributed by atoms with Crippen LogP contribution >= 0.6 is 0 Å². The number of nitrogens with two attached hydrogens (primary N) is 1. The van der Waals surface area contributed by atoms with Gasteiger partial charge in [0.1, 0.15) is 19.0 Å². The van der Waals surface area contributed by atoms with Gasteiger partial charge in [-0.3, -0.25) is 4.68 Å². The maximum atomic E-state index is 6.21. The topological polar surface area (TPSA) is 62.3 Å². The number of anilines is 1. The summed E-state index contributed by atoms with van der Waals surface area (Å²) < 4.78 is 13.0. The summed E-state index contributed by atoms with van der Waals surface area (Å²) >= 11 is 0. The standard InChI is InChI=1S/C16H21N3O2/c1-3-4-5-12-15(16(17)19(2)18-12)11-6-7-13-14(10-11)21-9-8-20-13/h6-7,10H,3-5,8-9,17H2,1-2H3. The monoisotopic (exact) mass is 287 g/mol. The summed E-state index contributed by atoms with van der Waals surface area (Å²) in [5.41, 5.74) is 9.32. The van der Waals surface area contributed by atoms with E-state index in [4.69, 9.17) is 15.2 Å². The van der Waals surface area contributed by atoms with Gasteiger partial charge in [-0.1, -0.05) is 19.4 Å². The van der Waals surface area contributed by atoms with E-state index < -0.39 is 0 Å². The number of hydrogen-bond acceptors (Lipinski definition) is 4. The van der Waals surface area contributed by atoms with E-state index in [1.165, 1.54) is 0 Å². The molecule has 3 rings (SSSR count). The number of aryl methyl sites for hydroxylation is 2. The molecule has 2 N–H and O–H groups in total. The number of hydrogen-bond donors (Lipinski definition) is 1. The normalized spacial score (nSPS) is 13.4. The van der Waals surface area contributed by atoms with Gasteiger partial charge in [-0.2, -0.15) is 5.10 Å². The highest BCUT2D eigenvalue weighted by Crippen LogP contribution is 2.37. The number of ether oxygens (including phenoxy) is 2. The number of benzene rings is 1. The van der Waals surface area contributed by atoms with Crippen LogP contribution in [0.25, 0.3) is 11.1 Å². The van der Waals surface area contributed by atoms with Crippen LogP contribution in [0.4, 0.5) is 5.82 Å². The smallest absolute Gasteiger partial charge is 0.161 e. The third-order valence-electron chi connectivity index (χ3n) is 3.76. The molecule has 21 heavy (non-hydrogen) atoms. The molecule has 0 saturated carbocycles. The van der Waals surface area contributed by atoms with E-state index in [1.807, 2.05) is 25.2 Å². The lowest BCUT2D eigenvalue weighted by Gasteiger charge is -2.19. The third-order valence-corrected chi connectivity index (χ3v) is 3.76. The molecule has 5 nitrogen and oxygen atoms in total. The van der Waals surface area contributed by atoms with Crippen LogP contribution in [0.1, 0.15) is 25.5 Å². The van der Waals surface area contributed by atoms with Crippen molar-refractivity contribution in [3.63, 3.8) is 0 Å². The zero-order valence-corrected chi connectivity index (χ0v) is 12.6. The maximum absolute atomic E-state index is 6.21. The van der Waals surface area contributed by atoms with Crippen molar-refractivity contribution < 1.29 is 9.47 Å². The summed E-state index contributed by atoms with van der Waals surface area (Å²) in [6.07, 6.45) is 3.18. The number of unbranched alkanes of at least 4 members (excludes halogenated alkanes) is 1. The molecule has 0 saturated heterocycles. The SMILES string of the molecule is CCCCc1nn(C)c(N)c1-c1ccc2c(c1)OCCO2. The third kappa shape index (κ3) is 2.55. The Balaban J connectivity index is 2.03. The highest BCUT2D eigenvalue weighted by atomic mass is 16.6. The average Bonchev–Trinajstić information content (AvgIpc) is 2.79. The van der Waals surface area contributed by atoms with E-state index in [2.05, 4.69) is 12.0 Å². The Hall–Kier alpha value is -2.17. The largest absolute Gasteiger partial charge is 0.486 e. The van der Waals surface area contributed by atoms with E-state index in [9.17, 15) is 0 Å². The molecule has 1 aliphatic heterocycles. The molecule has 0 aliphatic carbocycles. The summed E-state index contributed by atoms with van der Waals surface area (Å²) in [4.78, 5) is 0. The van der Waals surface area contributed by atoms with Gasteiger partial charge in [-0.05, 0) is 30.5 Å². The van der Waals surface area contributed by atoms with Gasteiger partial charge >= 0.3 is 0 Å². The summed E-state index contributed by atoms with van der Waals surface area (Å²) in [5.74, 6) is 2.27. The van der Waals surface area contributed by atoms with Crippen LogP contribution in [0.15, 0.2) is 18.2 Å². The van der Waals surface area contributed by atoms with Crippen LogP contribution in [0.5, 0.6) is 11.5 Å². The van der Waals surface area contributed by atoms with Gasteiger partial charge < -0.3 is 15.2 Å². The van der Waals surface area contributed by atoms with Gasteiger partial charge in [0, 0.05) is 12.6 Å². The molecule has 1 aromatic carbocycles. The Morgan fingerprint density at radius 3 is 2.76 bits per heavy atom. The first-order chi connectivity index (χ1) is 10.2. The van der Waals surface area contributed by atoms with Crippen LogP contribution in [0.2, 0.25) is 0 Å². The highest BCUT2D eigenvalue weighted by Gasteiger charge is 2.18. The first-order valence-electron chi connectivity index (χ1n) is 7.42. The zero-order chi connectivity index (χ0) is 14.8. The van der Waals surface area contributed by atoms with Crippen molar-refractivity contribution in [3.8, 4) is 22.6 Å². The summed E-state index contributed by atoms with van der Waals surface area (Å²) in [5, 5.41) is 4.56. The van der Waals surface area contributed by atoms with Crippen LogP contribution in [0.3, 0.4) is 0 Å². The first kappa shape index (κ1) is 13.8. The van der Waals surface area contributed by atoms with E-state index in [0.29, 0.717) is 19.0 Å². The first-order valence-corrected chi connectivity index (χ1v) is 7.42. The lowest BCUT2D eigenvalue weighted by molar-refractivity contribution is 0.171. The van der Waals surface area contributed by atoms with Crippen molar-refractivity contribution in [2.45, 2.75) is 26.2 Å². The minimum absolute atomic E-state index is 0.585. The van der Waals surface area contributed by atoms with E-state index >= 15 is 0 Å². The maximum Gasteiger partial charge on any atom is 0.161 e. The molecule has 0 spiro atoms. The van der Waals surface area contributed by atoms with Crippen molar-refractivity contribution in [2.24, 2.45) is 7.05 Å². The molecule has 0 bridgehead atoms. The number of nitrogens with zero attached hydrogens (tertiary/aromatic N) is 2. The average molecular weight is 287 g/mol. The number of nitrogen functional groups attached to an aromatic ring is 1. The molecule has 2 heterocycles. The minimum atomic E-state index is 0.585. The molecule has 1 aromatic heterocycles. The Morgan fingerprint density at radius 2 is 2.00 bits per heavy atom. The molecule has 0 unspecified atom stereocenters. The zero-order valence-electron chi connectivity index (χ0n) is 12.6. The summed E-state index contributed by atoms with van der Waals surface area (Å²) in [6, 6.07) is 5.97. The fourth-order valence-electron chi connectivity index (χ4n) is 2.63. The van der Waals surface area contributed by atoms with Crippen LogP contribution in [-0.2, 0) is 13.5 Å². The molecule has 2 aromatic rings. The molecule has 112 valence electrons. The Morgan fingerprint density at radius 1 is 1.24 bits per heavy atom. The molecule has 1 aliphatic rings. The lowest BCUT2D eigenvalue weighted by atomic mass is 10.0. The molecular weight excluding hydrogens is 266 g/mol. The van der Waals surface area contributed by atoms with Gasteiger partial charge in [-0.25, -0.2) is 0 Å². The van der Waals surface area contributed by atoms with Gasteiger partial charge in [0.25, 0.3) is 0 Å². The number of rotatable bonds is 4. The van der Waals surface area contributed by atoms with Crippen molar-refractivity contribution in [1.82, 2.24) is 9.78 Å². The van der Waals surface area contributed by atoms with E-state index in [0.717, 1.165) is 47.6 Å². The molecule has 0 amide bonds. The minimum Gasteiger partial charge on any atom is -0.486 e. The van der Waals surface area contributed by atoms with Gasteiger partial charge in [0.2, 0.25) is 0 Å². The second-order valence-corrected chi connectivity index (χ2v) is 5.29. The van der Waals surface area contributed by atoms with Gasteiger partial charge in [0.15, 0.2) is 11.5 Å². The lowest BCUT2D eigenvalue weighted by Crippen LogP contribution is -2.15. The van der Waals surface area contributed by atoms with Gasteiger partial charge in [-0.15, -0.1) is 0 Å². The molecular formula is C16H21N3O2. The van der Waals surface area contributed by atoms with Crippen LogP contribution in [0, 0.1) is 0 Å². The van der Waals surface area contributed by atoms with Gasteiger partial charge in [0.05, 0.1) is 5.69 Å². The Labute approximate surface area is 124 Å². The number of aromatic nitrogens is 2. The van der Waals surface area contributed by atoms with Crippen molar-refractivity contribution >= 4 is 5.82 Å². The molecule has 0 atom stereocenters. The Kier molecular flexibility index (Phi) is 3.73. The molecule has 0 fully saturated rings. The van der Waals surface area contributed by atoms with Crippen molar-refractivity contribution in [3.05, 3.63) is 23.9 Å². The number of fused-ring (bicyclic) bond motifs is 1. The molecule has 5 heteroatoms. The fraction of sp³-hybridized carbons (Fsp3) is 0.438. The summed E-state index contributed by atoms with van der Waals surface area (Å²) in [6.45, 7) is 3.36. The predicted molar refractivity (Wildman–Crippen MR) is 82.7 cm³/mol. The van der Waals surface area contributed by atoms with Crippen molar-refractivity contribution in [1.29, 1.82) is 0 Å². The van der Waals surface area contributed by atoms with Crippen LogP contribution < -0.4 is 15.2 Å². The van der Waals surface area contributed by atoms with E-state index in [-0.39, 0.29) is 0 Å². The summed E-state index contributed by atoms with van der Waals surface area (Å²) in [7, 11) is 1.88. The van der Waals surface area contributed by atoms with Crippen molar-refractivity contribution in [2.75, 3.05) is 18.9 Å².